The van der Waals surface area contributed by atoms with Gasteiger partial charge < -0.3 is 19.1 Å². The SMILES string of the molecule is CCOC(=O)N1c2ccc(OC)nc2[C@@H](N(Cc2cc(C(F)(F)F)cc(C(F)(F)F)c2)c2ncc(C=CC(=O)OCc3ccccc3)cn2)C[C@H]1C. The Balaban J connectivity index is 1.55. The number of pyridine rings is 1. The molecule has 0 fully saturated rings. The first-order valence-corrected chi connectivity index (χ1v) is 15.9. The van der Waals surface area contributed by atoms with Gasteiger partial charge in [-0.15, -0.1) is 0 Å². The molecule has 0 saturated carbocycles. The summed E-state index contributed by atoms with van der Waals surface area (Å²) in [4.78, 5) is 41.5. The van der Waals surface area contributed by atoms with Gasteiger partial charge in [0.25, 0.3) is 0 Å². The van der Waals surface area contributed by atoms with E-state index in [1.54, 1.807) is 44.2 Å². The highest BCUT2D eigenvalue weighted by Gasteiger charge is 2.41. The lowest BCUT2D eigenvalue weighted by Crippen LogP contribution is -2.47. The van der Waals surface area contributed by atoms with Gasteiger partial charge in [-0.2, -0.15) is 26.3 Å². The fourth-order valence-electron chi connectivity index (χ4n) is 5.67. The number of nitrogens with zero attached hydrogens (tertiary/aromatic N) is 5. The minimum Gasteiger partial charge on any atom is -0.481 e. The molecule has 5 rings (SSSR count). The molecule has 1 amide bonds. The lowest BCUT2D eigenvalue weighted by Gasteiger charge is -2.42. The molecule has 0 aliphatic carbocycles. The fourth-order valence-corrected chi connectivity index (χ4v) is 5.67. The molecule has 2 atom stereocenters. The number of hydrogen-bond donors (Lipinski definition) is 0. The molecule has 1 aliphatic heterocycles. The van der Waals surface area contributed by atoms with Crippen molar-refractivity contribution in [2.45, 2.75) is 57.9 Å². The van der Waals surface area contributed by atoms with Crippen LogP contribution in [0.25, 0.3) is 6.08 Å². The Kier molecular flexibility index (Phi) is 11.3. The quantitative estimate of drug-likeness (QED) is 0.0908. The monoisotopic (exact) mass is 729 g/mol. The summed E-state index contributed by atoms with van der Waals surface area (Å²) < 4.78 is 98.9. The summed E-state index contributed by atoms with van der Waals surface area (Å²) in [7, 11) is 1.37. The third-order valence-corrected chi connectivity index (χ3v) is 8.06. The summed E-state index contributed by atoms with van der Waals surface area (Å²) >= 11 is 0. The molecule has 4 aromatic rings. The van der Waals surface area contributed by atoms with E-state index in [0.717, 1.165) is 5.56 Å². The molecule has 10 nitrogen and oxygen atoms in total. The topological polar surface area (TPSA) is 107 Å². The van der Waals surface area contributed by atoms with Crippen molar-refractivity contribution in [3.63, 3.8) is 0 Å². The highest BCUT2D eigenvalue weighted by atomic mass is 19.4. The molecule has 3 heterocycles. The van der Waals surface area contributed by atoms with E-state index in [-0.39, 0.29) is 48.8 Å². The normalized spacial score (nSPS) is 16.0. The Morgan fingerprint density at radius 2 is 1.58 bits per heavy atom. The summed E-state index contributed by atoms with van der Waals surface area (Å²) in [5.41, 5.74) is -1.64. The van der Waals surface area contributed by atoms with Crippen LogP contribution in [0.4, 0.5) is 42.8 Å². The zero-order valence-electron chi connectivity index (χ0n) is 28.1. The van der Waals surface area contributed by atoms with Crippen LogP contribution in [-0.4, -0.2) is 46.8 Å². The van der Waals surface area contributed by atoms with Gasteiger partial charge in [-0.3, -0.25) is 4.90 Å². The predicted molar refractivity (Wildman–Crippen MR) is 177 cm³/mol. The molecule has 0 bridgehead atoms. The Morgan fingerprint density at radius 3 is 2.17 bits per heavy atom. The van der Waals surface area contributed by atoms with Crippen LogP contribution in [0.1, 0.15) is 59.8 Å². The third kappa shape index (κ3) is 8.97. The van der Waals surface area contributed by atoms with Gasteiger partial charge in [0.1, 0.15) is 6.61 Å². The summed E-state index contributed by atoms with van der Waals surface area (Å²) in [5.74, 6) is -0.577. The van der Waals surface area contributed by atoms with Crippen molar-refractivity contribution in [2.75, 3.05) is 23.5 Å². The molecular weight excluding hydrogens is 696 g/mol. The average molecular weight is 730 g/mol. The summed E-state index contributed by atoms with van der Waals surface area (Å²) in [6.45, 7) is 2.95. The van der Waals surface area contributed by atoms with E-state index in [9.17, 15) is 35.9 Å². The van der Waals surface area contributed by atoms with Crippen molar-refractivity contribution < 1.29 is 50.1 Å². The van der Waals surface area contributed by atoms with Gasteiger partial charge in [0, 0.05) is 42.7 Å². The van der Waals surface area contributed by atoms with Crippen molar-refractivity contribution in [2.24, 2.45) is 0 Å². The number of fused-ring (bicyclic) bond motifs is 1. The van der Waals surface area contributed by atoms with Crippen LogP contribution < -0.4 is 14.5 Å². The Hall–Kier alpha value is -5.67. The lowest BCUT2D eigenvalue weighted by atomic mass is 9.94. The molecule has 0 radical (unpaired) electrons. The smallest absolute Gasteiger partial charge is 0.416 e. The summed E-state index contributed by atoms with van der Waals surface area (Å²) in [6.07, 6.45) is -5.50. The van der Waals surface area contributed by atoms with Crippen molar-refractivity contribution in [3.8, 4) is 5.88 Å². The number of alkyl halides is 6. The number of hydrogen-bond acceptors (Lipinski definition) is 9. The third-order valence-electron chi connectivity index (χ3n) is 8.06. The molecule has 52 heavy (non-hydrogen) atoms. The van der Waals surface area contributed by atoms with Crippen molar-refractivity contribution in [1.29, 1.82) is 0 Å². The highest BCUT2D eigenvalue weighted by Crippen LogP contribution is 2.43. The maximum absolute atomic E-state index is 13.9. The molecule has 2 aromatic carbocycles. The second kappa shape index (κ2) is 15.7. The zero-order valence-corrected chi connectivity index (χ0v) is 28.1. The Morgan fingerprint density at radius 1 is 0.923 bits per heavy atom. The van der Waals surface area contributed by atoms with Gasteiger partial charge in [-0.25, -0.2) is 24.5 Å². The summed E-state index contributed by atoms with van der Waals surface area (Å²) in [6, 6.07) is 12.0. The maximum atomic E-state index is 13.9. The van der Waals surface area contributed by atoms with Gasteiger partial charge in [0.05, 0.1) is 42.3 Å². The van der Waals surface area contributed by atoms with Gasteiger partial charge in [-0.05, 0) is 61.7 Å². The van der Waals surface area contributed by atoms with Crippen molar-refractivity contribution >= 4 is 29.8 Å². The van der Waals surface area contributed by atoms with E-state index < -0.39 is 54.2 Å². The number of methoxy groups -OCH3 is 1. The average Bonchev–Trinajstić information content (AvgIpc) is 3.11. The van der Waals surface area contributed by atoms with Crippen LogP contribution in [-0.2, 0) is 39.8 Å². The maximum Gasteiger partial charge on any atom is 0.416 e. The van der Waals surface area contributed by atoms with Gasteiger partial charge in [-0.1, -0.05) is 30.3 Å². The van der Waals surface area contributed by atoms with Crippen molar-refractivity contribution in [3.05, 3.63) is 113 Å². The van der Waals surface area contributed by atoms with Gasteiger partial charge in [0.15, 0.2) is 0 Å². The first-order valence-electron chi connectivity index (χ1n) is 15.9. The molecule has 274 valence electrons. The zero-order chi connectivity index (χ0) is 37.6. The highest BCUT2D eigenvalue weighted by molar-refractivity contribution is 5.90. The molecule has 1 aliphatic rings. The number of ether oxygens (including phenoxy) is 3. The van der Waals surface area contributed by atoms with E-state index in [0.29, 0.717) is 23.4 Å². The molecule has 0 saturated heterocycles. The molecule has 0 spiro atoms. The standard InChI is InChI=1S/C36H33F6N5O5/c1-4-51-34(49)47-22(2)14-29(32-28(47)11-12-30(45-32)50-3)46(20-25-15-26(35(37,38)39)17-27(16-25)36(40,41)42)33-43-18-24(19-44-33)10-13-31(48)52-21-23-8-6-5-7-9-23/h5-13,15-19,22,29H,4,14,20-21H2,1-3H3/t22-,29+/m1/s1. The minimum absolute atomic E-state index is 0.0493. The van der Waals surface area contributed by atoms with Crippen LogP contribution in [0.3, 0.4) is 0 Å². The van der Waals surface area contributed by atoms with Crippen LogP contribution in [0.2, 0.25) is 0 Å². The number of benzene rings is 2. The minimum atomic E-state index is -5.07. The number of anilines is 2. The first kappa shape index (κ1) is 37.6. The number of esters is 1. The Bertz CT molecular complexity index is 1870. The van der Waals surface area contributed by atoms with E-state index in [1.165, 1.54) is 47.5 Å². The summed E-state index contributed by atoms with van der Waals surface area (Å²) in [5, 5.41) is 0. The number of amides is 1. The second-order valence-electron chi connectivity index (χ2n) is 11.7. The molecule has 2 aromatic heterocycles. The van der Waals surface area contributed by atoms with Crippen LogP contribution in [0.15, 0.2) is 79.1 Å². The van der Waals surface area contributed by atoms with Gasteiger partial charge >= 0.3 is 24.4 Å². The van der Waals surface area contributed by atoms with Crippen LogP contribution in [0.5, 0.6) is 5.88 Å². The van der Waals surface area contributed by atoms with Crippen LogP contribution in [0, 0.1) is 0 Å². The van der Waals surface area contributed by atoms with Crippen molar-refractivity contribution in [1.82, 2.24) is 15.0 Å². The van der Waals surface area contributed by atoms with E-state index in [2.05, 4.69) is 15.0 Å². The Labute approximate surface area is 294 Å². The molecule has 0 N–H and O–H groups in total. The van der Waals surface area contributed by atoms with Crippen LogP contribution >= 0.6 is 0 Å². The lowest BCUT2D eigenvalue weighted by molar-refractivity contribution is -0.143. The fraction of sp³-hybridized carbons (Fsp3) is 0.306. The molecule has 0 unspecified atom stereocenters. The number of aromatic nitrogens is 3. The molecule has 16 heteroatoms. The molecular formula is C36H33F6N5O5. The van der Waals surface area contributed by atoms with E-state index >= 15 is 0 Å². The van der Waals surface area contributed by atoms with E-state index in [4.69, 9.17) is 14.2 Å². The number of halogens is 6. The number of carbonyl (C=O) groups excluding carboxylic acids is 2. The largest absolute Gasteiger partial charge is 0.481 e. The second-order valence-corrected chi connectivity index (χ2v) is 11.7. The van der Waals surface area contributed by atoms with E-state index in [1.807, 2.05) is 6.07 Å². The predicted octanol–water partition coefficient (Wildman–Crippen LogP) is 8.18. The first-order chi connectivity index (χ1) is 24.7. The van der Waals surface area contributed by atoms with Gasteiger partial charge in [0.2, 0.25) is 11.8 Å². The number of carbonyl (C=O) groups is 2. The number of rotatable bonds is 10.